The molecular formula is C14H18N5O4+. The Bertz CT molecular complexity index is 656. The predicted octanol–water partition coefficient (Wildman–Crippen LogP) is -1.24. The van der Waals surface area contributed by atoms with Crippen LogP contribution in [0, 0.1) is 0 Å². The smallest absolute Gasteiger partial charge is 0.337 e. The first kappa shape index (κ1) is 16.4. The van der Waals surface area contributed by atoms with Gasteiger partial charge in [-0.05, 0) is 22.8 Å². The highest BCUT2D eigenvalue weighted by molar-refractivity contribution is 5.95. The Morgan fingerprint density at radius 3 is 2.78 bits per heavy atom. The number of nitrogens with zero attached hydrogens (tertiary/aromatic N) is 2. The number of aromatic nitrogens is 2. The van der Waals surface area contributed by atoms with Crippen LogP contribution in [0.15, 0.2) is 35.0 Å². The average Bonchev–Trinajstić information content (AvgIpc) is 2.98. The first-order valence-electron chi connectivity index (χ1n) is 6.97. The van der Waals surface area contributed by atoms with E-state index in [-0.39, 0.29) is 24.7 Å². The number of esters is 1. The number of ether oxygens (including phenoxy) is 1. The summed E-state index contributed by atoms with van der Waals surface area (Å²) < 4.78 is 9.33. The standard InChI is InChI=1S/C14H17N5O4/c1-2-21-11(20)9-22-19-14(12-13(15)18-23-17-12)16-8-10-6-4-3-5-7-10/h3-7H,2,8-9H2,1H3,(H2,15,18)(H,16,19)/p+1. The summed E-state index contributed by atoms with van der Waals surface area (Å²) >= 11 is 0. The molecule has 122 valence electrons. The highest BCUT2D eigenvalue weighted by Gasteiger charge is 2.21. The minimum absolute atomic E-state index is 0.0906. The van der Waals surface area contributed by atoms with Gasteiger partial charge in [0.1, 0.15) is 6.54 Å². The van der Waals surface area contributed by atoms with Gasteiger partial charge in [0.25, 0.3) is 0 Å². The number of nitrogens with two attached hydrogens (primary N) is 1. The van der Waals surface area contributed by atoms with Gasteiger partial charge >= 0.3 is 11.8 Å². The van der Waals surface area contributed by atoms with Crippen molar-refractivity contribution < 1.29 is 24.0 Å². The monoisotopic (exact) mass is 320 g/mol. The molecule has 0 atom stereocenters. The van der Waals surface area contributed by atoms with E-state index in [4.69, 9.17) is 15.3 Å². The zero-order chi connectivity index (χ0) is 16.5. The minimum atomic E-state index is -0.492. The average molecular weight is 320 g/mol. The molecule has 0 aliphatic carbocycles. The lowest BCUT2D eigenvalue weighted by Crippen LogP contribution is -2.75. The first-order chi connectivity index (χ1) is 11.2. The number of amidine groups is 1. The number of anilines is 1. The van der Waals surface area contributed by atoms with Gasteiger partial charge in [0.05, 0.1) is 6.61 Å². The zero-order valence-electron chi connectivity index (χ0n) is 12.6. The maximum Gasteiger partial charge on any atom is 0.337 e. The Labute approximate surface area is 132 Å². The number of nitrogen functional groups attached to an aromatic ring is 1. The van der Waals surface area contributed by atoms with Crippen LogP contribution in [0.4, 0.5) is 5.82 Å². The third kappa shape index (κ3) is 5.08. The Kier molecular flexibility index (Phi) is 6.07. The SMILES string of the molecule is CCOC(=O)CONC(=[NH+]Cc1ccccc1)c1nonc1N. The highest BCUT2D eigenvalue weighted by atomic mass is 16.7. The third-order valence-corrected chi connectivity index (χ3v) is 2.73. The van der Waals surface area contributed by atoms with Crippen molar-refractivity contribution in [2.24, 2.45) is 0 Å². The molecule has 9 heteroatoms. The Morgan fingerprint density at radius 1 is 1.35 bits per heavy atom. The van der Waals surface area contributed by atoms with E-state index < -0.39 is 5.97 Å². The van der Waals surface area contributed by atoms with Crippen LogP contribution in [0.3, 0.4) is 0 Å². The second-order valence-electron chi connectivity index (χ2n) is 4.41. The molecule has 0 saturated heterocycles. The fraction of sp³-hybridized carbons (Fsp3) is 0.286. The number of hydroxylamine groups is 1. The van der Waals surface area contributed by atoms with Crippen molar-refractivity contribution in [1.82, 2.24) is 15.8 Å². The molecule has 1 aromatic heterocycles. The van der Waals surface area contributed by atoms with Crippen LogP contribution in [0.5, 0.6) is 0 Å². The lowest BCUT2D eigenvalue weighted by molar-refractivity contribution is -0.479. The summed E-state index contributed by atoms with van der Waals surface area (Å²) in [6.45, 7) is 2.21. The van der Waals surface area contributed by atoms with Gasteiger partial charge in [-0.15, -0.1) is 5.48 Å². The van der Waals surface area contributed by atoms with Gasteiger partial charge in [-0.1, -0.05) is 30.3 Å². The van der Waals surface area contributed by atoms with Crippen LogP contribution in [-0.4, -0.2) is 35.3 Å². The number of hydrogen-bond acceptors (Lipinski definition) is 7. The Balaban J connectivity index is 2.03. The molecule has 1 heterocycles. The molecule has 2 rings (SSSR count). The summed E-state index contributed by atoms with van der Waals surface area (Å²) in [4.78, 5) is 19.4. The number of carbonyl (C=O) groups is 1. The molecule has 0 aliphatic heterocycles. The molecule has 1 aromatic carbocycles. The maximum absolute atomic E-state index is 11.3. The minimum Gasteiger partial charge on any atom is -0.464 e. The molecule has 9 nitrogen and oxygen atoms in total. The largest absolute Gasteiger partial charge is 0.464 e. The van der Waals surface area contributed by atoms with E-state index >= 15 is 0 Å². The summed E-state index contributed by atoms with van der Waals surface area (Å²) in [5.41, 5.74) is 9.55. The van der Waals surface area contributed by atoms with Gasteiger partial charge in [-0.25, -0.2) is 9.42 Å². The van der Waals surface area contributed by atoms with E-state index in [0.717, 1.165) is 5.56 Å². The van der Waals surface area contributed by atoms with Crippen LogP contribution >= 0.6 is 0 Å². The zero-order valence-corrected chi connectivity index (χ0v) is 12.6. The van der Waals surface area contributed by atoms with Gasteiger partial charge in [-0.3, -0.25) is 4.99 Å². The van der Waals surface area contributed by atoms with Crippen LogP contribution in [-0.2, 0) is 20.9 Å². The molecule has 0 aliphatic rings. The molecular weight excluding hydrogens is 302 g/mol. The van der Waals surface area contributed by atoms with Crippen LogP contribution < -0.4 is 16.2 Å². The van der Waals surface area contributed by atoms with Gasteiger partial charge < -0.3 is 10.5 Å². The molecule has 0 radical (unpaired) electrons. The van der Waals surface area contributed by atoms with E-state index in [9.17, 15) is 4.79 Å². The fourth-order valence-electron chi connectivity index (χ4n) is 1.69. The number of hydrogen-bond donors (Lipinski definition) is 3. The summed E-state index contributed by atoms with van der Waals surface area (Å²) in [5.74, 6) is -0.0710. The van der Waals surface area contributed by atoms with Crippen molar-refractivity contribution in [1.29, 1.82) is 0 Å². The topological polar surface area (TPSA) is 126 Å². The fourth-order valence-corrected chi connectivity index (χ4v) is 1.69. The Morgan fingerprint density at radius 2 is 2.13 bits per heavy atom. The van der Waals surface area contributed by atoms with E-state index in [1.54, 1.807) is 6.92 Å². The number of nitrogens with one attached hydrogen (secondary N) is 2. The van der Waals surface area contributed by atoms with E-state index in [1.165, 1.54) is 0 Å². The lowest BCUT2D eigenvalue weighted by atomic mass is 10.2. The van der Waals surface area contributed by atoms with Crippen molar-refractivity contribution in [3.05, 3.63) is 41.6 Å². The molecule has 0 bridgehead atoms. The van der Waals surface area contributed by atoms with Gasteiger partial charge in [0.2, 0.25) is 11.5 Å². The summed E-state index contributed by atoms with van der Waals surface area (Å²) in [6.07, 6.45) is 0. The van der Waals surface area contributed by atoms with Gasteiger partial charge in [0, 0.05) is 0 Å². The summed E-state index contributed by atoms with van der Waals surface area (Å²) in [5, 5.41) is 7.20. The number of carbonyl (C=O) groups excluding carboxylic acids is 1. The molecule has 4 N–H and O–H groups in total. The van der Waals surface area contributed by atoms with Crippen molar-refractivity contribution in [2.45, 2.75) is 13.5 Å². The highest BCUT2D eigenvalue weighted by Crippen LogP contribution is 2.02. The van der Waals surface area contributed by atoms with Crippen LogP contribution in [0.1, 0.15) is 18.2 Å². The predicted molar refractivity (Wildman–Crippen MR) is 79.6 cm³/mol. The van der Waals surface area contributed by atoms with Crippen LogP contribution in [0.2, 0.25) is 0 Å². The van der Waals surface area contributed by atoms with E-state index in [0.29, 0.717) is 12.4 Å². The maximum atomic E-state index is 11.3. The molecule has 0 fully saturated rings. The van der Waals surface area contributed by atoms with Crippen molar-refractivity contribution in [2.75, 3.05) is 18.9 Å². The summed E-state index contributed by atoms with van der Waals surface area (Å²) in [6, 6.07) is 9.68. The van der Waals surface area contributed by atoms with Gasteiger partial charge in [-0.2, -0.15) is 4.84 Å². The number of rotatable bonds is 7. The third-order valence-electron chi connectivity index (χ3n) is 2.73. The molecule has 0 saturated carbocycles. The molecule has 23 heavy (non-hydrogen) atoms. The summed E-state index contributed by atoms with van der Waals surface area (Å²) in [7, 11) is 0. The quantitative estimate of drug-likeness (QED) is 0.250. The number of benzene rings is 1. The van der Waals surface area contributed by atoms with E-state index in [1.807, 2.05) is 30.3 Å². The molecule has 0 spiro atoms. The second kappa shape index (κ2) is 8.49. The molecule has 0 unspecified atom stereocenters. The van der Waals surface area contributed by atoms with Crippen LogP contribution in [0.25, 0.3) is 0 Å². The van der Waals surface area contributed by atoms with Crippen molar-refractivity contribution in [3.63, 3.8) is 0 Å². The normalized spacial score (nSPS) is 11.3. The van der Waals surface area contributed by atoms with E-state index in [2.05, 4.69) is 25.4 Å². The molecule has 0 amide bonds. The van der Waals surface area contributed by atoms with Crippen molar-refractivity contribution >= 4 is 17.6 Å². The second-order valence-corrected chi connectivity index (χ2v) is 4.41. The molecule has 2 aromatic rings. The first-order valence-corrected chi connectivity index (χ1v) is 6.97. The van der Waals surface area contributed by atoms with Crippen molar-refractivity contribution in [3.8, 4) is 0 Å². The van der Waals surface area contributed by atoms with Gasteiger partial charge in [0.15, 0.2) is 6.61 Å². The Hall–Kier alpha value is -2.94. The lowest BCUT2D eigenvalue weighted by Gasteiger charge is -2.02.